The topological polar surface area (TPSA) is 88.6 Å². The van der Waals surface area contributed by atoms with Crippen LogP contribution in [0.4, 0.5) is 4.79 Å². The Balaban J connectivity index is 1.93. The van der Waals surface area contributed by atoms with Crippen LogP contribution in [0.3, 0.4) is 0 Å². The first kappa shape index (κ1) is 15.6. The van der Waals surface area contributed by atoms with Crippen LogP contribution in [0.5, 0.6) is 5.88 Å². The van der Waals surface area contributed by atoms with Crippen LogP contribution in [-0.4, -0.2) is 56.0 Å². The molecule has 7 nitrogen and oxygen atoms in total. The Morgan fingerprint density at radius 2 is 2.33 bits per heavy atom. The van der Waals surface area contributed by atoms with E-state index in [0.717, 1.165) is 5.56 Å². The van der Waals surface area contributed by atoms with E-state index in [1.807, 2.05) is 6.07 Å². The molecule has 1 aliphatic rings. The summed E-state index contributed by atoms with van der Waals surface area (Å²) in [4.78, 5) is 17.6. The fourth-order valence-corrected chi connectivity index (χ4v) is 4.06. The van der Waals surface area contributed by atoms with Crippen LogP contribution in [0.1, 0.15) is 12.0 Å². The van der Waals surface area contributed by atoms with Crippen molar-refractivity contribution in [3.05, 3.63) is 23.9 Å². The van der Waals surface area contributed by atoms with E-state index in [1.54, 1.807) is 19.3 Å². The van der Waals surface area contributed by atoms with Gasteiger partial charge in [-0.15, -0.1) is 0 Å². The van der Waals surface area contributed by atoms with Gasteiger partial charge in [-0.2, -0.15) is 0 Å². The van der Waals surface area contributed by atoms with Gasteiger partial charge in [0.15, 0.2) is 9.84 Å². The van der Waals surface area contributed by atoms with E-state index in [4.69, 9.17) is 4.74 Å². The Kier molecular flexibility index (Phi) is 4.66. The molecule has 2 amide bonds. The van der Waals surface area contributed by atoms with Crippen molar-refractivity contribution in [3.63, 3.8) is 0 Å². The summed E-state index contributed by atoms with van der Waals surface area (Å²) in [7, 11) is 0.126. The average molecular weight is 313 g/mol. The number of aromatic nitrogens is 1. The molecule has 2 rings (SSSR count). The van der Waals surface area contributed by atoms with Crippen LogP contribution in [0, 0.1) is 0 Å². The number of carbonyl (C=O) groups is 1. The largest absolute Gasteiger partial charge is 0.481 e. The zero-order valence-electron chi connectivity index (χ0n) is 12.1. The molecule has 1 fully saturated rings. The molecule has 1 aromatic rings. The first-order chi connectivity index (χ1) is 9.93. The molecule has 0 aromatic carbocycles. The van der Waals surface area contributed by atoms with Gasteiger partial charge in [0, 0.05) is 31.4 Å². The summed E-state index contributed by atoms with van der Waals surface area (Å²) in [6, 6.07) is 3.01. The molecule has 0 spiro atoms. The van der Waals surface area contributed by atoms with E-state index in [0.29, 0.717) is 12.3 Å². The zero-order valence-corrected chi connectivity index (χ0v) is 12.9. The highest BCUT2D eigenvalue weighted by Crippen LogP contribution is 2.17. The number of pyridine rings is 1. The molecule has 1 aromatic heterocycles. The number of hydrogen-bond donors (Lipinski definition) is 1. The second kappa shape index (κ2) is 6.30. The molecule has 0 saturated carbocycles. The lowest BCUT2D eigenvalue weighted by Gasteiger charge is -2.23. The molecule has 0 radical (unpaired) electrons. The number of nitrogens with zero attached hydrogens (tertiary/aromatic N) is 2. The predicted octanol–water partition coefficient (Wildman–Crippen LogP) is 0.419. The molecule has 0 bridgehead atoms. The summed E-state index contributed by atoms with van der Waals surface area (Å²) in [6.45, 7) is 0.277. The molecule has 0 aliphatic carbocycles. The number of amides is 2. The Morgan fingerprint density at radius 1 is 1.57 bits per heavy atom. The molecular weight excluding hydrogens is 294 g/mol. The Hall–Kier alpha value is -1.83. The predicted molar refractivity (Wildman–Crippen MR) is 77.8 cm³/mol. The lowest BCUT2D eigenvalue weighted by atomic mass is 10.2. The van der Waals surface area contributed by atoms with Crippen molar-refractivity contribution in [2.24, 2.45) is 0 Å². The van der Waals surface area contributed by atoms with Gasteiger partial charge >= 0.3 is 6.03 Å². The van der Waals surface area contributed by atoms with Gasteiger partial charge < -0.3 is 15.0 Å². The first-order valence-corrected chi connectivity index (χ1v) is 8.44. The Bertz CT molecular complexity index is 618. The van der Waals surface area contributed by atoms with Gasteiger partial charge in [-0.25, -0.2) is 18.2 Å². The molecule has 21 heavy (non-hydrogen) atoms. The van der Waals surface area contributed by atoms with Crippen molar-refractivity contribution < 1.29 is 17.9 Å². The average Bonchev–Trinajstić information content (AvgIpc) is 2.84. The van der Waals surface area contributed by atoms with Crippen LogP contribution in [0.25, 0.3) is 0 Å². The van der Waals surface area contributed by atoms with Crippen molar-refractivity contribution in [1.29, 1.82) is 0 Å². The number of methoxy groups -OCH3 is 1. The quantitative estimate of drug-likeness (QED) is 0.870. The molecule has 1 saturated heterocycles. The van der Waals surface area contributed by atoms with Gasteiger partial charge in [0.25, 0.3) is 0 Å². The van der Waals surface area contributed by atoms with Crippen LogP contribution in [0.2, 0.25) is 0 Å². The van der Waals surface area contributed by atoms with Crippen molar-refractivity contribution in [3.8, 4) is 5.88 Å². The molecule has 1 atom stereocenters. The maximum absolute atomic E-state index is 12.1. The van der Waals surface area contributed by atoms with E-state index >= 15 is 0 Å². The highest BCUT2D eigenvalue weighted by Gasteiger charge is 2.32. The van der Waals surface area contributed by atoms with Crippen LogP contribution in [-0.2, 0) is 16.4 Å². The maximum Gasteiger partial charge on any atom is 0.317 e. The zero-order chi connectivity index (χ0) is 15.5. The lowest BCUT2D eigenvalue weighted by Crippen LogP contribution is -2.43. The third-order valence-corrected chi connectivity index (χ3v) is 5.30. The number of ether oxygens (including phenoxy) is 1. The fourth-order valence-electron chi connectivity index (χ4n) is 2.28. The van der Waals surface area contributed by atoms with Gasteiger partial charge in [0.2, 0.25) is 5.88 Å². The van der Waals surface area contributed by atoms with Gasteiger partial charge in [0.05, 0.1) is 18.6 Å². The smallest absolute Gasteiger partial charge is 0.317 e. The summed E-state index contributed by atoms with van der Waals surface area (Å²) in [5.74, 6) is 0.641. The van der Waals surface area contributed by atoms with E-state index < -0.39 is 9.84 Å². The third-order valence-electron chi connectivity index (χ3n) is 3.55. The lowest BCUT2D eigenvalue weighted by molar-refractivity contribution is 0.194. The number of rotatable bonds is 4. The molecule has 8 heteroatoms. The first-order valence-electron chi connectivity index (χ1n) is 6.62. The van der Waals surface area contributed by atoms with Crippen molar-refractivity contribution in [2.75, 3.05) is 25.7 Å². The molecule has 1 unspecified atom stereocenters. The minimum atomic E-state index is -3.00. The van der Waals surface area contributed by atoms with Crippen LogP contribution in [0.15, 0.2) is 18.3 Å². The van der Waals surface area contributed by atoms with E-state index in [2.05, 4.69) is 10.3 Å². The number of hydrogen-bond acceptors (Lipinski definition) is 5. The van der Waals surface area contributed by atoms with E-state index in [9.17, 15) is 13.2 Å². The normalized spacial score (nSPS) is 20.0. The number of nitrogens with one attached hydrogen (secondary N) is 1. The minimum Gasteiger partial charge on any atom is -0.481 e. The Morgan fingerprint density at radius 3 is 2.95 bits per heavy atom. The van der Waals surface area contributed by atoms with Gasteiger partial charge in [-0.1, -0.05) is 6.07 Å². The van der Waals surface area contributed by atoms with E-state index in [1.165, 1.54) is 12.0 Å². The monoisotopic (exact) mass is 313 g/mol. The summed E-state index contributed by atoms with van der Waals surface area (Å²) in [6.07, 6.45) is 2.10. The summed E-state index contributed by atoms with van der Waals surface area (Å²) >= 11 is 0. The summed E-state index contributed by atoms with van der Waals surface area (Å²) < 4.78 is 28.0. The van der Waals surface area contributed by atoms with Crippen LogP contribution < -0.4 is 10.1 Å². The molecule has 1 N–H and O–H groups in total. The van der Waals surface area contributed by atoms with Gasteiger partial charge in [-0.3, -0.25) is 0 Å². The van der Waals surface area contributed by atoms with Crippen LogP contribution >= 0.6 is 0 Å². The highest BCUT2D eigenvalue weighted by molar-refractivity contribution is 7.91. The second-order valence-corrected chi connectivity index (χ2v) is 7.23. The molecular formula is C13H19N3O4S. The maximum atomic E-state index is 12.1. The number of sulfone groups is 1. The fraction of sp³-hybridized carbons (Fsp3) is 0.538. The number of urea groups is 1. The summed E-state index contributed by atoms with van der Waals surface area (Å²) in [5, 5.41) is 2.75. The Labute approximate surface area is 124 Å². The number of carbonyl (C=O) groups excluding carboxylic acids is 1. The van der Waals surface area contributed by atoms with Crippen molar-refractivity contribution >= 4 is 15.9 Å². The third kappa shape index (κ3) is 3.84. The van der Waals surface area contributed by atoms with Crippen molar-refractivity contribution in [2.45, 2.75) is 19.0 Å². The van der Waals surface area contributed by atoms with E-state index in [-0.39, 0.29) is 30.1 Å². The minimum absolute atomic E-state index is 0.0349. The second-order valence-electron chi connectivity index (χ2n) is 5.00. The molecule has 116 valence electrons. The van der Waals surface area contributed by atoms with Gasteiger partial charge in [-0.05, 0) is 12.5 Å². The molecule has 2 heterocycles. The SMILES string of the molecule is COc1ncccc1CNC(=O)N(C)C1CCS(=O)(=O)C1. The summed E-state index contributed by atoms with van der Waals surface area (Å²) in [5.41, 5.74) is 0.765. The molecule has 1 aliphatic heterocycles. The van der Waals surface area contributed by atoms with Crippen molar-refractivity contribution in [1.82, 2.24) is 15.2 Å². The standard InChI is InChI=1S/C13H19N3O4S/c1-16(11-5-7-21(18,19)9-11)13(17)15-8-10-4-3-6-14-12(10)20-2/h3-4,6,11H,5,7-9H2,1-2H3,(H,15,17). The highest BCUT2D eigenvalue weighted by atomic mass is 32.2. The van der Waals surface area contributed by atoms with Gasteiger partial charge in [0.1, 0.15) is 0 Å².